The van der Waals surface area contributed by atoms with Gasteiger partial charge in [-0.3, -0.25) is 4.90 Å². The van der Waals surface area contributed by atoms with Crippen molar-refractivity contribution in [2.24, 2.45) is 0 Å². The van der Waals surface area contributed by atoms with Gasteiger partial charge in [0.25, 0.3) is 0 Å². The molecule has 1 fully saturated rings. The zero-order valence-corrected chi connectivity index (χ0v) is 16.9. The van der Waals surface area contributed by atoms with Crippen LogP contribution in [0.25, 0.3) is 27.7 Å². The first kappa shape index (κ1) is 19.2. The Bertz CT molecular complexity index is 1100. The molecule has 1 aliphatic rings. The molecule has 2 aromatic carbocycles. The number of imidazole rings is 1. The first-order valence-corrected chi connectivity index (χ1v) is 9.62. The first-order valence-electron chi connectivity index (χ1n) is 9.24. The number of benzene rings is 2. The van der Waals surface area contributed by atoms with Crippen molar-refractivity contribution >= 4 is 40.4 Å². The van der Waals surface area contributed by atoms with Crippen molar-refractivity contribution in [3.05, 3.63) is 71.5 Å². The Morgan fingerprint density at radius 1 is 0.964 bits per heavy atom. The zero-order valence-electron chi connectivity index (χ0n) is 15.3. The summed E-state index contributed by atoms with van der Waals surface area (Å²) in [5, 5.41) is 3.11. The van der Waals surface area contributed by atoms with Crippen LogP contribution in [-0.2, 0) is 11.3 Å². The predicted octanol–water partition coefficient (Wildman–Crippen LogP) is 5.06. The number of pyridine rings is 1. The van der Waals surface area contributed by atoms with Crippen LogP contribution in [-0.4, -0.2) is 40.6 Å². The summed E-state index contributed by atoms with van der Waals surface area (Å²) in [5.41, 5.74) is 4.33. The van der Waals surface area contributed by atoms with Crippen molar-refractivity contribution in [2.75, 3.05) is 26.3 Å². The van der Waals surface area contributed by atoms with Crippen LogP contribution in [0.1, 0.15) is 5.69 Å². The molecule has 4 aromatic rings. The highest BCUT2D eigenvalue weighted by Crippen LogP contribution is 2.30. The molecule has 5 rings (SSSR count). The average Bonchev–Trinajstić information content (AvgIpc) is 3.08. The van der Waals surface area contributed by atoms with Gasteiger partial charge >= 0.3 is 0 Å². The molecule has 144 valence electrons. The van der Waals surface area contributed by atoms with Gasteiger partial charge in [0.2, 0.25) is 0 Å². The maximum Gasteiger partial charge on any atom is 0.145 e. The highest BCUT2D eigenvalue weighted by Gasteiger charge is 2.19. The van der Waals surface area contributed by atoms with E-state index in [0.29, 0.717) is 0 Å². The second-order valence-electron chi connectivity index (χ2n) is 6.90. The van der Waals surface area contributed by atoms with Crippen molar-refractivity contribution < 1.29 is 4.74 Å². The number of ether oxygens (including phenoxy) is 1. The topological polar surface area (TPSA) is 29.8 Å². The number of nitrogens with zero attached hydrogens (tertiary/aromatic N) is 3. The molecular formula is C22H21Cl2N3O. The molecule has 4 nitrogen and oxygen atoms in total. The molecule has 0 spiro atoms. The Morgan fingerprint density at radius 2 is 1.71 bits per heavy atom. The molecule has 0 bridgehead atoms. The van der Waals surface area contributed by atoms with Crippen molar-refractivity contribution in [3.8, 4) is 11.3 Å². The molecule has 0 saturated carbocycles. The van der Waals surface area contributed by atoms with Gasteiger partial charge in [-0.2, -0.15) is 0 Å². The maximum absolute atomic E-state index is 6.10. The molecule has 6 heteroatoms. The monoisotopic (exact) mass is 413 g/mol. The summed E-state index contributed by atoms with van der Waals surface area (Å²) in [7, 11) is 0. The fourth-order valence-corrected chi connectivity index (χ4v) is 3.90. The Morgan fingerprint density at radius 3 is 2.50 bits per heavy atom. The van der Waals surface area contributed by atoms with E-state index in [1.807, 2.05) is 12.1 Å². The van der Waals surface area contributed by atoms with Gasteiger partial charge in [-0.25, -0.2) is 4.98 Å². The lowest BCUT2D eigenvalue weighted by molar-refractivity contribution is 0.0336. The molecule has 0 amide bonds. The first-order chi connectivity index (χ1) is 13.3. The van der Waals surface area contributed by atoms with Crippen LogP contribution in [0.3, 0.4) is 0 Å². The number of morpholine rings is 1. The number of halogens is 2. The summed E-state index contributed by atoms with van der Waals surface area (Å²) in [5.74, 6) is 0. The van der Waals surface area contributed by atoms with Crippen LogP contribution >= 0.6 is 24.0 Å². The van der Waals surface area contributed by atoms with E-state index in [4.69, 9.17) is 21.3 Å². The van der Waals surface area contributed by atoms with Gasteiger partial charge in [0, 0.05) is 41.8 Å². The summed E-state index contributed by atoms with van der Waals surface area (Å²) >= 11 is 6.10. The fourth-order valence-electron chi connectivity index (χ4n) is 3.78. The van der Waals surface area contributed by atoms with Gasteiger partial charge in [0.15, 0.2) is 0 Å². The maximum atomic E-state index is 6.10. The third-order valence-corrected chi connectivity index (χ3v) is 5.46. The van der Waals surface area contributed by atoms with Crippen LogP contribution in [0.15, 0.2) is 60.8 Å². The summed E-state index contributed by atoms with van der Waals surface area (Å²) < 4.78 is 7.75. The number of aromatic nitrogens is 2. The average molecular weight is 414 g/mol. The molecule has 0 unspecified atom stereocenters. The number of hydrogen-bond acceptors (Lipinski definition) is 3. The third kappa shape index (κ3) is 3.49. The normalized spacial score (nSPS) is 15.0. The molecule has 1 aliphatic heterocycles. The zero-order chi connectivity index (χ0) is 18.2. The van der Waals surface area contributed by atoms with Crippen LogP contribution in [0.2, 0.25) is 5.02 Å². The highest BCUT2D eigenvalue weighted by atomic mass is 35.5. The lowest BCUT2D eigenvalue weighted by Gasteiger charge is -2.26. The second-order valence-corrected chi connectivity index (χ2v) is 7.34. The van der Waals surface area contributed by atoms with Gasteiger partial charge in [-0.05, 0) is 23.6 Å². The van der Waals surface area contributed by atoms with Gasteiger partial charge in [0.05, 0.1) is 24.6 Å². The van der Waals surface area contributed by atoms with Crippen LogP contribution in [0.5, 0.6) is 0 Å². The van der Waals surface area contributed by atoms with Crippen molar-refractivity contribution in [3.63, 3.8) is 0 Å². The van der Waals surface area contributed by atoms with Gasteiger partial charge < -0.3 is 9.14 Å². The Kier molecular flexibility index (Phi) is 5.56. The predicted molar refractivity (Wildman–Crippen MR) is 116 cm³/mol. The van der Waals surface area contributed by atoms with Crippen molar-refractivity contribution in [1.82, 2.24) is 14.3 Å². The third-order valence-electron chi connectivity index (χ3n) is 5.21. The minimum absolute atomic E-state index is 0. The summed E-state index contributed by atoms with van der Waals surface area (Å²) in [6.07, 6.45) is 2.14. The molecule has 28 heavy (non-hydrogen) atoms. The molecule has 0 aliphatic carbocycles. The van der Waals surface area contributed by atoms with Crippen LogP contribution in [0.4, 0.5) is 0 Å². The van der Waals surface area contributed by atoms with Gasteiger partial charge in [-0.1, -0.05) is 48.0 Å². The lowest BCUT2D eigenvalue weighted by atomic mass is 10.1. The molecule has 0 N–H and O–H groups in total. The minimum atomic E-state index is 0. The van der Waals surface area contributed by atoms with E-state index >= 15 is 0 Å². The Balaban J connectivity index is 0.00000192. The molecule has 1 saturated heterocycles. The fraction of sp³-hybridized carbons (Fsp3) is 0.227. The van der Waals surface area contributed by atoms with E-state index in [1.54, 1.807) is 0 Å². The van der Waals surface area contributed by atoms with E-state index in [-0.39, 0.29) is 12.4 Å². The number of rotatable bonds is 3. The van der Waals surface area contributed by atoms with Crippen LogP contribution < -0.4 is 0 Å². The summed E-state index contributed by atoms with van der Waals surface area (Å²) in [6.45, 7) is 4.31. The Hall–Kier alpha value is -2.11. The number of hydrogen-bond donors (Lipinski definition) is 0. The smallest absolute Gasteiger partial charge is 0.145 e. The molecule has 2 aromatic heterocycles. The molecule has 3 heterocycles. The molecular weight excluding hydrogens is 393 g/mol. The standard InChI is InChI=1S/C22H20ClN3O.ClH/c23-18-7-5-17(6-8-18)21-20(15-25-11-13-27-14-12-25)26-10-9-16-3-1-2-4-19(16)22(26)24-21;/h1-10H,11-15H2;1H. The number of fused-ring (bicyclic) bond motifs is 3. The molecule has 0 radical (unpaired) electrons. The SMILES string of the molecule is Cl.Clc1ccc(-c2nc3c4ccccc4ccn3c2CN2CCOCC2)cc1. The largest absolute Gasteiger partial charge is 0.379 e. The van der Waals surface area contributed by atoms with Crippen molar-refractivity contribution in [1.29, 1.82) is 0 Å². The summed E-state index contributed by atoms with van der Waals surface area (Å²) in [6, 6.07) is 18.5. The van der Waals surface area contributed by atoms with Crippen molar-refractivity contribution in [2.45, 2.75) is 6.54 Å². The van der Waals surface area contributed by atoms with E-state index in [2.05, 4.69) is 58.0 Å². The van der Waals surface area contributed by atoms with E-state index < -0.39 is 0 Å². The van der Waals surface area contributed by atoms with Gasteiger partial charge in [0.1, 0.15) is 5.65 Å². The van der Waals surface area contributed by atoms with E-state index in [9.17, 15) is 0 Å². The Labute approximate surface area is 175 Å². The highest BCUT2D eigenvalue weighted by molar-refractivity contribution is 6.30. The summed E-state index contributed by atoms with van der Waals surface area (Å²) in [4.78, 5) is 7.50. The van der Waals surface area contributed by atoms with Gasteiger partial charge in [-0.15, -0.1) is 12.4 Å². The second kappa shape index (κ2) is 8.10. The van der Waals surface area contributed by atoms with Crippen LogP contribution in [0, 0.1) is 0 Å². The quantitative estimate of drug-likeness (QED) is 0.469. The van der Waals surface area contributed by atoms with E-state index in [0.717, 1.165) is 54.8 Å². The minimum Gasteiger partial charge on any atom is -0.379 e. The lowest BCUT2D eigenvalue weighted by Crippen LogP contribution is -2.36. The van der Waals surface area contributed by atoms with E-state index in [1.165, 1.54) is 16.5 Å². The molecule has 0 atom stereocenters.